The second-order valence-electron chi connectivity index (χ2n) is 9.18. The molecule has 6 N–H and O–H groups in total. The molecule has 9 nitrogen and oxygen atoms in total. The molecule has 9 heteroatoms. The Morgan fingerprint density at radius 3 is 1.88 bits per heavy atom. The van der Waals surface area contributed by atoms with E-state index in [1.165, 1.54) is 19.3 Å². The maximum absolute atomic E-state index is 12.8. The van der Waals surface area contributed by atoms with Gasteiger partial charge in [0.15, 0.2) is 0 Å². The number of carbonyl (C=O) groups excluding carboxylic acids is 3. The Kier molecular flexibility index (Phi) is 8.27. The number of nitrogen functional groups attached to an aromatic ring is 1. The summed E-state index contributed by atoms with van der Waals surface area (Å²) in [4.78, 5) is 37.3. The molecule has 2 aromatic rings. The average Bonchev–Trinajstić information content (AvgIpc) is 2.75. The lowest BCUT2D eigenvalue weighted by Crippen LogP contribution is -2.64. The molecule has 0 heterocycles. The Labute approximate surface area is 199 Å². The standard InChI is InChI=1S/C25H30N4O5/c1-24(2,3)34-23(32)28-25(4,5)20(22(31)29-33)27-21(30)18-12-8-16(9-13-18)6-7-17-10-14-19(26)15-11-17/h8-15,20,33H,26H2,1-5H3,(H,27,30)(H,28,32)(H,29,31)/t20-/m1/s1. The van der Waals surface area contributed by atoms with Crippen molar-refractivity contribution < 1.29 is 24.3 Å². The number of nitrogens with one attached hydrogen (secondary N) is 3. The summed E-state index contributed by atoms with van der Waals surface area (Å²) < 4.78 is 5.22. The molecule has 1 atom stereocenters. The summed E-state index contributed by atoms with van der Waals surface area (Å²) in [5, 5.41) is 14.3. The van der Waals surface area contributed by atoms with Gasteiger partial charge in [0.25, 0.3) is 11.8 Å². The number of hydrogen-bond donors (Lipinski definition) is 5. The minimum Gasteiger partial charge on any atom is -0.444 e. The molecule has 0 aromatic heterocycles. The summed E-state index contributed by atoms with van der Waals surface area (Å²) in [6.07, 6.45) is -0.772. The second-order valence-corrected chi connectivity index (χ2v) is 9.18. The molecule has 0 spiro atoms. The zero-order valence-corrected chi connectivity index (χ0v) is 19.9. The van der Waals surface area contributed by atoms with E-state index in [1.807, 2.05) is 12.1 Å². The lowest BCUT2D eigenvalue weighted by Gasteiger charge is -2.34. The van der Waals surface area contributed by atoms with Crippen LogP contribution in [-0.2, 0) is 9.53 Å². The van der Waals surface area contributed by atoms with E-state index in [1.54, 1.807) is 57.2 Å². The lowest BCUT2D eigenvalue weighted by atomic mass is 9.93. The molecule has 0 fully saturated rings. The van der Waals surface area contributed by atoms with Crippen LogP contribution >= 0.6 is 0 Å². The van der Waals surface area contributed by atoms with Gasteiger partial charge in [-0.1, -0.05) is 11.8 Å². The van der Waals surface area contributed by atoms with Gasteiger partial charge in [-0.3, -0.25) is 14.8 Å². The Balaban J connectivity index is 2.14. The number of alkyl carbamates (subject to hydrolysis) is 1. The van der Waals surface area contributed by atoms with Crippen LogP contribution in [0.4, 0.5) is 10.5 Å². The van der Waals surface area contributed by atoms with E-state index in [2.05, 4.69) is 22.5 Å². The molecule has 180 valence electrons. The largest absolute Gasteiger partial charge is 0.444 e. The highest BCUT2D eigenvalue weighted by atomic mass is 16.6. The fourth-order valence-corrected chi connectivity index (χ4v) is 2.91. The molecule has 0 radical (unpaired) electrons. The Hall–Kier alpha value is -4.03. The average molecular weight is 467 g/mol. The van der Waals surface area contributed by atoms with Crippen LogP contribution in [0.3, 0.4) is 0 Å². The van der Waals surface area contributed by atoms with Gasteiger partial charge in [-0.15, -0.1) is 0 Å². The van der Waals surface area contributed by atoms with Crippen molar-refractivity contribution in [2.75, 3.05) is 5.73 Å². The molecule has 0 aliphatic heterocycles. The first-order valence-corrected chi connectivity index (χ1v) is 10.5. The van der Waals surface area contributed by atoms with Crippen LogP contribution in [0.2, 0.25) is 0 Å². The van der Waals surface area contributed by atoms with Gasteiger partial charge in [0.1, 0.15) is 11.6 Å². The molecule has 34 heavy (non-hydrogen) atoms. The first-order chi connectivity index (χ1) is 15.8. The van der Waals surface area contributed by atoms with E-state index in [0.29, 0.717) is 11.3 Å². The maximum Gasteiger partial charge on any atom is 0.408 e. The van der Waals surface area contributed by atoms with Gasteiger partial charge in [-0.2, -0.15) is 0 Å². The van der Waals surface area contributed by atoms with Crippen LogP contribution in [0.1, 0.15) is 56.1 Å². The first kappa shape index (κ1) is 26.2. The van der Waals surface area contributed by atoms with E-state index in [4.69, 9.17) is 15.7 Å². The third-order valence-corrected chi connectivity index (χ3v) is 4.60. The molecule has 0 unspecified atom stereocenters. The van der Waals surface area contributed by atoms with E-state index < -0.39 is 35.1 Å². The Morgan fingerprint density at radius 2 is 1.41 bits per heavy atom. The summed E-state index contributed by atoms with van der Waals surface area (Å²) in [5.74, 6) is 4.52. The highest BCUT2D eigenvalue weighted by Crippen LogP contribution is 2.14. The normalized spacial score (nSPS) is 11.9. The summed E-state index contributed by atoms with van der Waals surface area (Å²) in [7, 11) is 0. The van der Waals surface area contributed by atoms with Crippen molar-refractivity contribution in [2.45, 2.75) is 51.8 Å². The minimum absolute atomic E-state index is 0.266. The van der Waals surface area contributed by atoms with Crippen molar-refractivity contribution in [2.24, 2.45) is 0 Å². The summed E-state index contributed by atoms with van der Waals surface area (Å²) in [6.45, 7) is 8.13. The molecule has 0 aliphatic carbocycles. The number of amides is 3. The quantitative estimate of drug-likeness (QED) is 0.198. The molecular weight excluding hydrogens is 436 g/mol. The predicted molar refractivity (Wildman–Crippen MR) is 128 cm³/mol. The highest BCUT2D eigenvalue weighted by molar-refractivity contribution is 5.98. The molecule has 3 amide bonds. The van der Waals surface area contributed by atoms with Crippen molar-refractivity contribution in [3.05, 3.63) is 65.2 Å². The van der Waals surface area contributed by atoms with Crippen molar-refractivity contribution in [1.82, 2.24) is 16.1 Å². The van der Waals surface area contributed by atoms with Crippen molar-refractivity contribution in [1.29, 1.82) is 0 Å². The van der Waals surface area contributed by atoms with Crippen molar-refractivity contribution >= 4 is 23.6 Å². The van der Waals surface area contributed by atoms with Gasteiger partial charge in [0, 0.05) is 22.4 Å². The number of rotatable bonds is 5. The van der Waals surface area contributed by atoms with Crippen molar-refractivity contribution in [3.8, 4) is 11.8 Å². The molecular formula is C25H30N4O5. The third-order valence-electron chi connectivity index (χ3n) is 4.60. The number of ether oxygens (including phenoxy) is 1. The third kappa shape index (κ3) is 7.83. The molecule has 2 rings (SSSR count). The number of anilines is 1. The van der Waals surface area contributed by atoms with Crippen molar-refractivity contribution in [3.63, 3.8) is 0 Å². The van der Waals surface area contributed by atoms with Gasteiger partial charge in [-0.25, -0.2) is 10.3 Å². The molecule has 0 saturated heterocycles. The fraction of sp³-hybridized carbons (Fsp3) is 0.320. The minimum atomic E-state index is -1.30. The van der Waals surface area contributed by atoms with E-state index in [9.17, 15) is 14.4 Å². The monoisotopic (exact) mass is 466 g/mol. The van der Waals surface area contributed by atoms with Gasteiger partial charge in [0.2, 0.25) is 0 Å². The number of carbonyl (C=O) groups is 3. The predicted octanol–water partition coefficient (Wildman–Crippen LogP) is 2.58. The van der Waals surface area contributed by atoms with Crippen LogP contribution in [-0.4, -0.2) is 40.3 Å². The van der Waals surface area contributed by atoms with Crippen LogP contribution < -0.4 is 21.8 Å². The summed E-state index contributed by atoms with van der Waals surface area (Å²) >= 11 is 0. The molecule has 0 bridgehead atoms. The maximum atomic E-state index is 12.8. The van der Waals surface area contributed by atoms with Gasteiger partial charge in [0.05, 0.1) is 5.54 Å². The second kappa shape index (κ2) is 10.7. The zero-order valence-electron chi connectivity index (χ0n) is 19.9. The van der Waals surface area contributed by atoms with Crippen LogP contribution in [0.25, 0.3) is 0 Å². The zero-order chi connectivity index (χ0) is 25.5. The van der Waals surface area contributed by atoms with E-state index >= 15 is 0 Å². The number of hydrogen-bond acceptors (Lipinski definition) is 6. The Morgan fingerprint density at radius 1 is 0.912 bits per heavy atom. The molecule has 2 aromatic carbocycles. The fourth-order valence-electron chi connectivity index (χ4n) is 2.91. The smallest absolute Gasteiger partial charge is 0.408 e. The van der Waals surface area contributed by atoms with Gasteiger partial charge in [-0.05, 0) is 83.1 Å². The van der Waals surface area contributed by atoms with Crippen LogP contribution in [0.15, 0.2) is 48.5 Å². The van der Waals surface area contributed by atoms with E-state index in [-0.39, 0.29) is 5.56 Å². The van der Waals surface area contributed by atoms with Crippen LogP contribution in [0, 0.1) is 11.8 Å². The van der Waals surface area contributed by atoms with Gasteiger partial charge < -0.3 is 21.1 Å². The molecule has 0 aliphatic rings. The number of hydroxylamine groups is 1. The number of nitrogens with two attached hydrogens (primary N) is 1. The topological polar surface area (TPSA) is 143 Å². The summed E-state index contributed by atoms with van der Waals surface area (Å²) in [6, 6.07) is 12.3. The SMILES string of the molecule is CC(C)(C)OC(=O)NC(C)(C)[C@H](NC(=O)c1ccc(C#Cc2ccc(N)cc2)cc1)C(=O)NO. The van der Waals surface area contributed by atoms with Gasteiger partial charge >= 0.3 is 6.09 Å². The summed E-state index contributed by atoms with van der Waals surface area (Å²) in [5.41, 5.74) is 7.54. The van der Waals surface area contributed by atoms with Crippen LogP contribution in [0.5, 0.6) is 0 Å². The Bertz CT molecular complexity index is 1090. The highest BCUT2D eigenvalue weighted by Gasteiger charge is 2.39. The molecule has 0 saturated carbocycles. The lowest BCUT2D eigenvalue weighted by molar-refractivity contribution is -0.132. The first-order valence-electron chi connectivity index (χ1n) is 10.5. The number of benzene rings is 2. The van der Waals surface area contributed by atoms with E-state index in [0.717, 1.165) is 5.56 Å².